The smallest absolute Gasteiger partial charge is 0.410 e. The largest absolute Gasteiger partial charge is 0.444 e. The number of aliphatic hydroxyl groups is 1. The fourth-order valence-electron chi connectivity index (χ4n) is 4.11. The normalized spacial score (nSPS) is 22.3. The Kier molecular flexibility index (Phi) is 6.35. The Labute approximate surface area is 141 Å². The van der Waals surface area contributed by atoms with Gasteiger partial charge in [-0.3, -0.25) is 0 Å². The molecule has 0 bridgehead atoms. The molecule has 0 atom stereocenters. The van der Waals surface area contributed by atoms with Crippen LogP contribution in [-0.2, 0) is 4.74 Å². The molecule has 2 fully saturated rings. The van der Waals surface area contributed by atoms with Crippen LogP contribution in [0.15, 0.2) is 0 Å². The summed E-state index contributed by atoms with van der Waals surface area (Å²) in [7, 11) is 0. The fourth-order valence-corrected chi connectivity index (χ4v) is 4.11. The fraction of sp³-hybridized carbons (Fsp3) is 0.947. The standard InChI is InChI=1S/C19H35NO3/c1-18(2,3)23-17(22)20-13-11-19(12-14-20)9-7-16(8-10-19)6-4-5-15-21/h16,21H,4-15H2,1-3H3. The molecule has 0 aromatic heterocycles. The Morgan fingerprint density at radius 3 is 2.26 bits per heavy atom. The molecule has 23 heavy (non-hydrogen) atoms. The molecule has 0 radical (unpaired) electrons. The van der Waals surface area contributed by atoms with Crippen LogP contribution in [0.5, 0.6) is 0 Å². The lowest BCUT2D eigenvalue weighted by Crippen LogP contribution is -2.46. The molecule has 1 saturated carbocycles. The second-order valence-corrected chi connectivity index (χ2v) is 8.63. The van der Waals surface area contributed by atoms with Gasteiger partial charge in [-0.1, -0.05) is 12.8 Å². The molecule has 1 heterocycles. The molecule has 1 spiro atoms. The van der Waals surface area contributed by atoms with E-state index < -0.39 is 5.60 Å². The van der Waals surface area contributed by atoms with E-state index in [4.69, 9.17) is 9.84 Å². The van der Waals surface area contributed by atoms with Crippen molar-refractivity contribution in [3.8, 4) is 0 Å². The van der Waals surface area contributed by atoms with Gasteiger partial charge in [-0.05, 0) is 77.0 Å². The maximum Gasteiger partial charge on any atom is 0.410 e. The quantitative estimate of drug-likeness (QED) is 0.781. The highest BCUT2D eigenvalue weighted by atomic mass is 16.6. The summed E-state index contributed by atoms with van der Waals surface area (Å²) in [6.07, 6.45) is 10.8. The van der Waals surface area contributed by atoms with Crippen molar-refractivity contribution in [2.24, 2.45) is 11.3 Å². The maximum absolute atomic E-state index is 12.2. The molecule has 2 rings (SSSR count). The minimum Gasteiger partial charge on any atom is -0.444 e. The summed E-state index contributed by atoms with van der Waals surface area (Å²) in [5.74, 6) is 0.857. The molecule has 1 aliphatic heterocycles. The average Bonchev–Trinajstić information content (AvgIpc) is 2.49. The van der Waals surface area contributed by atoms with Gasteiger partial charge in [0.05, 0.1) is 0 Å². The lowest BCUT2D eigenvalue weighted by atomic mass is 9.65. The number of ether oxygens (including phenoxy) is 1. The van der Waals surface area contributed by atoms with E-state index in [2.05, 4.69) is 0 Å². The van der Waals surface area contributed by atoms with Gasteiger partial charge in [0.15, 0.2) is 0 Å². The number of hydrogen-bond acceptors (Lipinski definition) is 3. The van der Waals surface area contributed by atoms with Crippen molar-refractivity contribution in [2.75, 3.05) is 19.7 Å². The van der Waals surface area contributed by atoms with Gasteiger partial charge in [0, 0.05) is 19.7 Å². The highest BCUT2D eigenvalue weighted by Gasteiger charge is 2.39. The zero-order valence-electron chi connectivity index (χ0n) is 15.3. The van der Waals surface area contributed by atoms with E-state index in [1.165, 1.54) is 38.5 Å². The lowest BCUT2D eigenvalue weighted by molar-refractivity contribution is 0.00103. The predicted molar refractivity (Wildman–Crippen MR) is 92.4 cm³/mol. The minimum atomic E-state index is -0.404. The van der Waals surface area contributed by atoms with Crippen LogP contribution >= 0.6 is 0 Å². The van der Waals surface area contributed by atoms with Crippen molar-refractivity contribution < 1.29 is 14.6 Å². The van der Waals surface area contributed by atoms with E-state index in [1.807, 2.05) is 25.7 Å². The summed E-state index contributed by atoms with van der Waals surface area (Å²) in [6.45, 7) is 7.81. The van der Waals surface area contributed by atoms with Gasteiger partial charge >= 0.3 is 6.09 Å². The summed E-state index contributed by atoms with van der Waals surface area (Å²) in [5.41, 5.74) is 0.0742. The Hall–Kier alpha value is -0.770. The van der Waals surface area contributed by atoms with Crippen molar-refractivity contribution >= 4 is 6.09 Å². The molecule has 1 saturated heterocycles. The molecule has 1 amide bonds. The molecular formula is C19H35NO3. The number of nitrogens with zero attached hydrogens (tertiary/aromatic N) is 1. The van der Waals surface area contributed by atoms with Gasteiger partial charge in [0.2, 0.25) is 0 Å². The third-order valence-electron chi connectivity index (χ3n) is 5.66. The Morgan fingerprint density at radius 1 is 1.13 bits per heavy atom. The molecule has 0 aromatic rings. The summed E-state index contributed by atoms with van der Waals surface area (Å²) in [6, 6.07) is 0. The SMILES string of the molecule is CC(C)(C)OC(=O)N1CCC2(CCC(CCCCO)CC2)CC1. The van der Waals surface area contributed by atoms with Gasteiger partial charge in [0.1, 0.15) is 5.60 Å². The molecule has 1 N–H and O–H groups in total. The summed E-state index contributed by atoms with van der Waals surface area (Å²) in [5, 5.41) is 8.89. The first kappa shape index (κ1) is 18.6. The summed E-state index contributed by atoms with van der Waals surface area (Å²) >= 11 is 0. The first-order valence-corrected chi connectivity index (χ1v) is 9.42. The third kappa shape index (κ3) is 5.66. The van der Waals surface area contributed by atoms with Crippen LogP contribution < -0.4 is 0 Å². The van der Waals surface area contributed by atoms with Gasteiger partial charge < -0.3 is 14.7 Å². The molecular weight excluding hydrogens is 290 g/mol. The number of hydrogen-bond donors (Lipinski definition) is 1. The first-order chi connectivity index (χ1) is 10.8. The van der Waals surface area contributed by atoms with E-state index in [1.54, 1.807) is 0 Å². The van der Waals surface area contributed by atoms with E-state index in [0.717, 1.165) is 38.3 Å². The monoisotopic (exact) mass is 325 g/mol. The molecule has 0 unspecified atom stereocenters. The van der Waals surface area contributed by atoms with E-state index in [9.17, 15) is 4.79 Å². The van der Waals surface area contributed by atoms with E-state index >= 15 is 0 Å². The van der Waals surface area contributed by atoms with Crippen molar-refractivity contribution in [3.05, 3.63) is 0 Å². The number of rotatable bonds is 4. The maximum atomic E-state index is 12.2. The van der Waals surface area contributed by atoms with E-state index in [0.29, 0.717) is 12.0 Å². The number of amides is 1. The Balaban J connectivity index is 1.73. The second kappa shape index (κ2) is 7.87. The highest BCUT2D eigenvalue weighted by Crippen LogP contribution is 2.47. The average molecular weight is 325 g/mol. The van der Waals surface area contributed by atoms with Gasteiger partial charge in [-0.25, -0.2) is 4.79 Å². The van der Waals surface area contributed by atoms with Crippen LogP contribution in [0.1, 0.15) is 78.6 Å². The van der Waals surface area contributed by atoms with Crippen molar-refractivity contribution in [3.63, 3.8) is 0 Å². The van der Waals surface area contributed by atoms with Crippen LogP contribution in [-0.4, -0.2) is 41.4 Å². The number of unbranched alkanes of at least 4 members (excludes halogenated alkanes) is 1. The number of aliphatic hydroxyl groups excluding tert-OH is 1. The summed E-state index contributed by atoms with van der Waals surface area (Å²) in [4.78, 5) is 14.1. The molecule has 4 nitrogen and oxygen atoms in total. The molecule has 0 aromatic carbocycles. The number of likely N-dealkylation sites (tertiary alicyclic amines) is 1. The zero-order valence-corrected chi connectivity index (χ0v) is 15.3. The molecule has 4 heteroatoms. The van der Waals surface area contributed by atoms with Crippen molar-refractivity contribution in [2.45, 2.75) is 84.2 Å². The van der Waals surface area contributed by atoms with E-state index in [-0.39, 0.29) is 6.09 Å². The number of carbonyl (C=O) groups is 1. The Bertz CT molecular complexity index is 371. The number of carbonyl (C=O) groups excluding carboxylic acids is 1. The van der Waals surface area contributed by atoms with Crippen LogP contribution in [0.3, 0.4) is 0 Å². The van der Waals surface area contributed by atoms with Crippen molar-refractivity contribution in [1.29, 1.82) is 0 Å². The first-order valence-electron chi connectivity index (χ1n) is 9.42. The van der Waals surface area contributed by atoms with Gasteiger partial charge in [-0.15, -0.1) is 0 Å². The second-order valence-electron chi connectivity index (χ2n) is 8.63. The molecule has 1 aliphatic carbocycles. The topological polar surface area (TPSA) is 49.8 Å². The summed E-state index contributed by atoms with van der Waals surface area (Å²) < 4.78 is 5.49. The predicted octanol–water partition coefficient (Wildman–Crippen LogP) is 4.36. The van der Waals surface area contributed by atoms with Gasteiger partial charge in [0.25, 0.3) is 0 Å². The van der Waals surface area contributed by atoms with Gasteiger partial charge in [-0.2, -0.15) is 0 Å². The Morgan fingerprint density at radius 2 is 1.74 bits per heavy atom. The highest BCUT2D eigenvalue weighted by molar-refractivity contribution is 5.68. The molecule has 2 aliphatic rings. The molecule has 134 valence electrons. The van der Waals surface area contributed by atoms with Crippen molar-refractivity contribution in [1.82, 2.24) is 4.90 Å². The van der Waals surface area contributed by atoms with Crippen LogP contribution in [0.25, 0.3) is 0 Å². The zero-order chi connectivity index (χ0) is 16.9. The van der Waals surface area contributed by atoms with Crippen LogP contribution in [0.2, 0.25) is 0 Å². The number of piperidine rings is 1. The lowest BCUT2D eigenvalue weighted by Gasteiger charge is -2.46. The minimum absolute atomic E-state index is 0.148. The van der Waals surface area contributed by atoms with Crippen LogP contribution in [0.4, 0.5) is 4.79 Å². The van der Waals surface area contributed by atoms with Crippen LogP contribution in [0, 0.1) is 11.3 Å². The third-order valence-corrected chi connectivity index (χ3v) is 5.66.